The quantitative estimate of drug-likeness (QED) is 0.279. The van der Waals surface area contributed by atoms with E-state index >= 15 is 0 Å². The number of hydrogen-bond acceptors (Lipinski definition) is 7. The molecule has 0 saturated carbocycles. The standard InChI is InChI=1S/C20H32O7/c1-3-4-5-6-7-8-9-10-11-12-18(22)25-14-17(26-15(2)21)16-13-19(23)27-20(16)24/h13,17,20,24H,3-12,14H2,1-2H3. The highest BCUT2D eigenvalue weighted by molar-refractivity contribution is 5.86. The van der Waals surface area contributed by atoms with Gasteiger partial charge in [0.1, 0.15) is 6.61 Å². The summed E-state index contributed by atoms with van der Waals surface area (Å²) in [5.41, 5.74) is 0.0751. The molecule has 0 aromatic heterocycles. The number of cyclic esters (lactones) is 1. The number of esters is 3. The van der Waals surface area contributed by atoms with Crippen LogP contribution in [-0.2, 0) is 28.6 Å². The summed E-state index contributed by atoms with van der Waals surface area (Å²) in [7, 11) is 0. The molecule has 0 bridgehead atoms. The Morgan fingerprint density at radius 3 is 2.22 bits per heavy atom. The topological polar surface area (TPSA) is 99.1 Å². The van der Waals surface area contributed by atoms with Gasteiger partial charge in [-0.3, -0.25) is 9.59 Å². The van der Waals surface area contributed by atoms with Gasteiger partial charge in [0, 0.05) is 25.0 Å². The molecule has 1 rings (SSSR count). The normalized spacial score (nSPS) is 17.2. The fraction of sp³-hybridized carbons (Fsp3) is 0.750. The minimum atomic E-state index is -1.49. The number of ether oxygens (including phenoxy) is 3. The molecular formula is C20H32O7. The van der Waals surface area contributed by atoms with Gasteiger partial charge in [-0.05, 0) is 6.42 Å². The van der Waals surface area contributed by atoms with Gasteiger partial charge in [0.05, 0.1) is 0 Å². The van der Waals surface area contributed by atoms with E-state index in [0.717, 1.165) is 25.3 Å². The third-order valence-electron chi connectivity index (χ3n) is 4.36. The summed E-state index contributed by atoms with van der Waals surface area (Å²) in [6.45, 7) is 3.14. The van der Waals surface area contributed by atoms with Crippen LogP contribution in [0.5, 0.6) is 0 Å². The van der Waals surface area contributed by atoms with Crippen molar-refractivity contribution in [1.29, 1.82) is 0 Å². The maximum absolute atomic E-state index is 11.9. The highest BCUT2D eigenvalue weighted by atomic mass is 16.6. The fourth-order valence-corrected chi connectivity index (χ4v) is 2.89. The van der Waals surface area contributed by atoms with Gasteiger partial charge in [0.25, 0.3) is 0 Å². The van der Waals surface area contributed by atoms with Crippen molar-refractivity contribution >= 4 is 17.9 Å². The molecule has 0 fully saturated rings. The largest absolute Gasteiger partial charge is 0.461 e. The Labute approximate surface area is 161 Å². The molecule has 154 valence electrons. The zero-order valence-corrected chi connectivity index (χ0v) is 16.4. The average molecular weight is 384 g/mol. The molecule has 1 aliphatic heterocycles. The molecular weight excluding hydrogens is 352 g/mol. The van der Waals surface area contributed by atoms with Crippen molar-refractivity contribution < 1.29 is 33.7 Å². The number of rotatable bonds is 14. The van der Waals surface area contributed by atoms with E-state index in [4.69, 9.17) is 9.47 Å². The predicted octanol–water partition coefficient (Wildman–Crippen LogP) is 3.18. The zero-order valence-electron chi connectivity index (χ0n) is 16.4. The summed E-state index contributed by atoms with van der Waals surface area (Å²) >= 11 is 0. The summed E-state index contributed by atoms with van der Waals surface area (Å²) in [5, 5.41) is 9.66. The minimum absolute atomic E-state index is 0.0751. The number of unbranched alkanes of at least 4 members (excludes halogenated alkanes) is 8. The second-order valence-corrected chi connectivity index (χ2v) is 6.79. The van der Waals surface area contributed by atoms with Crippen LogP contribution in [0.3, 0.4) is 0 Å². The van der Waals surface area contributed by atoms with Gasteiger partial charge in [0.2, 0.25) is 6.29 Å². The summed E-state index contributed by atoms with van der Waals surface area (Å²) in [6, 6.07) is 0. The van der Waals surface area contributed by atoms with E-state index in [1.165, 1.54) is 45.4 Å². The molecule has 7 nitrogen and oxygen atoms in total. The van der Waals surface area contributed by atoms with E-state index in [1.54, 1.807) is 0 Å². The van der Waals surface area contributed by atoms with Crippen molar-refractivity contribution in [1.82, 2.24) is 0 Å². The minimum Gasteiger partial charge on any atom is -0.461 e. The lowest BCUT2D eigenvalue weighted by atomic mass is 10.1. The van der Waals surface area contributed by atoms with E-state index < -0.39 is 30.3 Å². The Morgan fingerprint density at radius 2 is 1.70 bits per heavy atom. The molecule has 1 N–H and O–H groups in total. The third kappa shape index (κ3) is 10.1. The van der Waals surface area contributed by atoms with E-state index in [1.807, 2.05) is 0 Å². The van der Waals surface area contributed by atoms with Crippen LogP contribution in [0.2, 0.25) is 0 Å². The van der Waals surface area contributed by atoms with Crippen LogP contribution < -0.4 is 0 Å². The van der Waals surface area contributed by atoms with Crippen LogP contribution >= 0.6 is 0 Å². The van der Waals surface area contributed by atoms with Crippen LogP contribution in [0.4, 0.5) is 0 Å². The molecule has 27 heavy (non-hydrogen) atoms. The van der Waals surface area contributed by atoms with Gasteiger partial charge in [-0.2, -0.15) is 0 Å². The second-order valence-electron chi connectivity index (χ2n) is 6.79. The first-order chi connectivity index (χ1) is 12.9. The Hall–Kier alpha value is -1.89. The van der Waals surface area contributed by atoms with Crippen molar-refractivity contribution in [2.75, 3.05) is 6.61 Å². The molecule has 0 radical (unpaired) electrons. The number of carbonyl (C=O) groups is 3. The monoisotopic (exact) mass is 384 g/mol. The summed E-state index contributed by atoms with van der Waals surface area (Å²) in [6.07, 6.45) is 9.21. The molecule has 0 aromatic carbocycles. The maximum Gasteiger partial charge on any atom is 0.333 e. The molecule has 0 spiro atoms. The Kier molecular flexibility index (Phi) is 11.4. The van der Waals surface area contributed by atoms with Crippen LogP contribution in [-0.4, -0.2) is 42.0 Å². The lowest BCUT2D eigenvalue weighted by Gasteiger charge is -2.19. The SMILES string of the molecule is CCCCCCCCCCCC(=O)OCC(OC(C)=O)C1=CC(=O)OC1O. The van der Waals surface area contributed by atoms with E-state index in [2.05, 4.69) is 11.7 Å². The van der Waals surface area contributed by atoms with Crippen LogP contribution in [0, 0.1) is 0 Å². The predicted molar refractivity (Wildman–Crippen MR) is 98.5 cm³/mol. The molecule has 1 heterocycles. The van der Waals surface area contributed by atoms with Crippen molar-refractivity contribution in [2.45, 2.75) is 90.4 Å². The molecule has 2 unspecified atom stereocenters. The van der Waals surface area contributed by atoms with Crippen molar-refractivity contribution in [3.05, 3.63) is 11.6 Å². The van der Waals surface area contributed by atoms with Crippen molar-refractivity contribution in [3.63, 3.8) is 0 Å². The highest BCUT2D eigenvalue weighted by Gasteiger charge is 2.33. The molecule has 0 aromatic rings. The zero-order chi connectivity index (χ0) is 20.1. The smallest absolute Gasteiger partial charge is 0.333 e. The van der Waals surface area contributed by atoms with Crippen LogP contribution in [0.1, 0.15) is 78.1 Å². The van der Waals surface area contributed by atoms with Crippen LogP contribution in [0.25, 0.3) is 0 Å². The summed E-state index contributed by atoms with van der Waals surface area (Å²) in [4.78, 5) is 34.2. The summed E-state index contributed by atoms with van der Waals surface area (Å²) < 4.78 is 14.7. The first-order valence-electron chi connectivity index (χ1n) is 9.87. The number of carbonyl (C=O) groups excluding carboxylic acids is 3. The molecule has 7 heteroatoms. The average Bonchev–Trinajstić information content (AvgIpc) is 2.95. The fourth-order valence-electron chi connectivity index (χ4n) is 2.89. The Morgan fingerprint density at radius 1 is 1.11 bits per heavy atom. The molecule has 0 aliphatic carbocycles. The van der Waals surface area contributed by atoms with Gasteiger partial charge in [-0.15, -0.1) is 0 Å². The molecule has 0 amide bonds. The van der Waals surface area contributed by atoms with Crippen molar-refractivity contribution in [2.24, 2.45) is 0 Å². The van der Waals surface area contributed by atoms with Gasteiger partial charge >= 0.3 is 17.9 Å². The van der Waals surface area contributed by atoms with Gasteiger partial charge in [-0.1, -0.05) is 58.3 Å². The lowest BCUT2D eigenvalue weighted by molar-refractivity contribution is -0.160. The highest BCUT2D eigenvalue weighted by Crippen LogP contribution is 2.20. The van der Waals surface area contributed by atoms with E-state index in [-0.39, 0.29) is 12.2 Å². The van der Waals surface area contributed by atoms with Crippen LogP contribution in [0.15, 0.2) is 11.6 Å². The first-order valence-corrected chi connectivity index (χ1v) is 9.87. The molecule has 1 aliphatic rings. The number of hydrogen-bond donors (Lipinski definition) is 1. The Bertz CT molecular complexity index is 512. The van der Waals surface area contributed by atoms with E-state index in [9.17, 15) is 19.5 Å². The Balaban J connectivity index is 2.21. The molecule has 2 atom stereocenters. The lowest BCUT2D eigenvalue weighted by Crippen LogP contribution is -2.30. The maximum atomic E-state index is 11.9. The second kappa shape index (κ2) is 13.3. The van der Waals surface area contributed by atoms with Crippen molar-refractivity contribution in [3.8, 4) is 0 Å². The first kappa shape index (κ1) is 23.1. The van der Waals surface area contributed by atoms with Gasteiger partial charge in [-0.25, -0.2) is 4.79 Å². The summed E-state index contributed by atoms with van der Waals surface area (Å²) in [5.74, 6) is -1.73. The number of aliphatic hydroxyl groups is 1. The molecule has 0 saturated heterocycles. The third-order valence-corrected chi connectivity index (χ3v) is 4.36. The van der Waals surface area contributed by atoms with Gasteiger partial charge < -0.3 is 19.3 Å². The number of aliphatic hydroxyl groups excluding tert-OH is 1. The van der Waals surface area contributed by atoms with Gasteiger partial charge in [0.15, 0.2) is 6.10 Å². The van der Waals surface area contributed by atoms with E-state index in [0.29, 0.717) is 6.42 Å².